The third-order valence-corrected chi connectivity index (χ3v) is 13.7. The summed E-state index contributed by atoms with van der Waals surface area (Å²) >= 11 is 1.85. The smallest absolute Gasteiger partial charge is 0.164 e. The monoisotopic (exact) mass is 807 g/mol. The molecule has 12 rings (SSSR count). The van der Waals surface area contributed by atoms with Crippen molar-refractivity contribution in [1.29, 1.82) is 0 Å². The summed E-state index contributed by atoms with van der Waals surface area (Å²) in [5, 5.41) is 2.59. The molecule has 4 heteroatoms. The second-order valence-corrected chi connectivity index (χ2v) is 16.9. The van der Waals surface area contributed by atoms with Crippen molar-refractivity contribution < 1.29 is 0 Å². The third kappa shape index (κ3) is 5.83. The van der Waals surface area contributed by atoms with Gasteiger partial charge in [0, 0.05) is 36.9 Å². The lowest BCUT2D eigenvalue weighted by Gasteiger charge is -2.33. The minimum atomic E-state index is -0.481. The standard InChI is InChI=1S/C58H37N3S/c1-4-15-38(16-5-1)39-27-31-41(32-28-39)55-59-56(42-33-29-40(30-34-42)46-23-14-24-49-48-22-11-13-26-53(48)62-54(46)49)61-57(60-55)43-35-36-52-50(37-43)47-21-10-12-25-51(47)58(52,44-17-6-2-7-18-44)45-19-8-3-9-20-45/h1-37H. The summed E-state index contributed by atoms with van der Waals surface area (Å²) < 4.78 is 2.60. The normalized spacial score (nSPS) is 12.6. The van der Waals surface area contributed by atoms with E-state index < -0.39 is 5.41 Å². The first kappa shape index (κ1) is 36.1. The molecule has 0 saturated heterocycles. The molecule has 2 aromatic heterocycles. The van der Waals surface area contributed by atoms with Gasteiger partial charge in [0.1, 0.15) is 0 Å². The lowest BCUT2D eigenvalue weighted by Crippen LogP contribution is -2.28. The van der Waals surface area contributed by atoms with Crippen LogP contribution >= 0.6 is 11.3 Å². The first-order valence-corrected chi connectivity index (χ1v) is 21.8. The molecule has 62 heavy (non-hydrogen) atoms. The number of fused-ring (bicyclic) bond motifs is 6. The van der Waals surface area contributed by atoms with Gasteiger partial charge in [-0.3, -0.25) is 0 Å². The fourth-order valence-corrected chi connectivity index (χ4v) is 10.8. The van der Waals surface area contributed by atoms with Gasteiger partial charge in [-0.2, -0.15) is 0 Å². The highest BCUT2D eigenvalue weighted by molar-refractivity contribution is 7.26. The van der Waals surface area contributed by atoms with E-state index >= 15 is 0 Å². The minimum Gasteiger partial charge on any atom is -0.208 e. The molecule has 3 nitrogen and oxygen atoms in total. The van der Waals surface area contributed by atoms with Crippen LogP contribution in [0.25, 0.3) is 87.7 Å². The molecule has 2 heterocycles. The highest BCUT2D eigenvalue weighted by Crippen LogP contribution is 2.56. The maximum Gasteiger partial charge on any atom is 0.164 e. The van der Waals surface area contributed by atoms with Gasteiger partial charge in [-0.1, -0.05) is 212 Å². The Morgan fingerprint density at radius 2 is 0.774 bits per heavy atom. The van der Waals surface area contributed by atoms with Crippen LogP contribution in [-0.4, -0.2) is 15.0 Å². The Kier molecular flexibility index (Phi) is 8.58. The molecule has 0 unspecified atom stereocenters. The van der Waals surface area contributed by atoms with E-state index in [0.717, 1.165) is 27.8 Å². The van der Waals surface area contributed by atoms with Crippen LogP contribution in [0.1, 0.15) is 22.3 Å². The van der Waals surface area contributed by atoms with Crippen LogP contribution in [0.5, 0.6) is 0 Å². The van der Waals surface area contributed by atoms with Crippen molar-refractivity contribution in [1.82, 2.24) is 15.0 Å². The summed E-state index contributed by atoms with van der Waals surface area (Å²) in [4.78, 5) is 15.7. The molecule has 290 valence electrons. The lowest BCUT2D eigenvalue weighted by atomic mass is 9.67. The predicted molar refractivity (Wildman–Crippen MR) is 257 cm³/mol. The summed E-state index contributed by atoms with van der Waals surface area (Å²) in [5.41, 5.74) is 14.4. The molecule has 1 aliphatic carbocycles. The van der Waals surface area contributed by atoms with E-state index in [1.807, 2.05) is 17.4 Å². The zero-order chi connectivity index (χ0) is 41.0. The zero-order valence-electron chi connectivity index (χ0n) is 33.6. The molecule has 0 N–H and O–H groups in total. The average Bonchev–Trinajstić information content (AvgIpc) is 3.89. The Morgan fingerprint density at radius 3 is 1.45 bits per heavy atom. The van der Waals surface area contributed by atoms with E-state index in [4.69, 9.17) is 15.0 Å². The predicted octanol–water partition coefficient (Wildman–Crippen LogP) is 14.9. The van der Waals surface area contributed by atoms with Crippen molar-refractivity contribution >= 4 is 31.5 Å². The van der Waals surface area contributed by atoms with Crippen LogP contribution in [0.3, 0.4) is 0 Å². The molecular formula is C58H37N3S. The maximum absolute atomic E-state index is 5.26. The highest BCUT2D eigenvalue weighted by Gasteiger charge is 2.46. The van der Waals surface area contributed by atoms with Crippen molar-refractivity contribution in [2.24, 2.45) is 0 Å². The number of rotatable bonds is 7. The van der Waals surface area contributed by atoms with E-state index in [9.17, 15) is 0 Å². The summed E-state index contributed by atoms with van der Waals surface area (Å²) in [7, 11) is 0. The molecule has 0 radical (unpaired) electrons. The Labute approximate surface area is 364 Å². The van der Waals surface area contributed by atoms with Crippen LogP contribution < -0.4 is 0 Å². The molecule has 1 aliphatic rings. The zero-order valence-corrected chi connectivity index (χ0v) is 34.4. The molecule has 11 aromatic rings. The third-order valence-electron chi connectivity index (χ3n) is 12.5. The Balaban J connectivity index is 1.01. The Bertz CT molecular complexity index is 3390. The fraction of sp³-hybridized carbons (Fsp3) is 0.0172. The molecule has 0 fully saturated rings. The number of aromatic nitrogens is 3. The van der Waals surface area contributed by atoms with Gasteiger partial charge in [0.25, 0.3) is 0 Å². The van der Waals surface area contributed by atoms with Gasteiger partial charge in [-0.05, 0) is 67.8 Å². The second-order valence-electron chi connectivity index (χ2n) is 15.9. The first-order valence-electron chi connectivity index (χ1n) is 21.0. The van der Waals surface area contributed by atoms with Gasteiger partial charge in [-0.25, -0.2) is 15.0 Å². The van der Waals surface area contributed by atoms with Crippen molar-refractivity contribution in [3.63, 3.8) is 0 Å². The highest BCUT2D eigenvalue weighted by atomic mass is 32.1. The summed E-state index contributed by atoms with van der Waals surface area (Å²) in [6, 6.07) is 80.4. The van der Waals surface area contributed by atoms with Crippen LogP contribution in [-0.2, 0) is 5.41 Å². The summed E-state index contributed by atoms with van der Waals surface area (Å²) in [6.45, 7) is 0. The van der Waals surface area contributed by atoms with Crippen molar-refractivity contribution in [3.05, 3.63) is 247 Å². The molecule has 0 bridgehead atoms. The number of hydrogen-bond donors (Lipinski definition) is 0. The van der Waals surface area contributed by atoms with Crippen molar-refractivity contribution in [2.75, 3.05) is 0 Å². The first-order chi connectivity index (χ1) is 30.7. The quantitative estimate of drug-likeness (QED) is 0.161. The van der Waals surface area contributed by atoms with Gasteiger partial charge in [0.15, 0.2) is 17.5 Å². The molecule has 0 aliphatic heterocycles. The Morgan fingerprint density at radius 1 is 0.306 bits per heavy atom. The van der Waals surface area contributed by atoms with Crippen LogP contribution in [0.15, 0.2) is 224 Å². The van der Waals surface area contributed by atoms with Crippen LogP contribution in [0.4, 0.5) is 0 Å². The maximum atomic E-state index is 5.26. The van der Waals surface area contributed by atoms with Gasteiger partial charge in [0.2, 0.25) is 0 Å². The van der Waals surface area contributed by atoms with Crippen LogP contribution in [0, 0.1) is 0 Å². The number of thiophene rings is 1. The fourth-order valence-electron chi connectivity index (χ4n) is 9.57. The molecule has 9 aromatic carbocycles. The molecular weight excluding hydrogens is 771 g/mol. The van der Waals surface area contributed by atoms with Crippen molar-refractivity contribution in [2.45, 2.75) is 5.41 Å². The molecule has 0 atom stereocenters. The lowest BCUT2D eigenvalue weighted by molar-refractivity contribution is 0.768. The van der Waals surface area contributed by atoms with Gasteiger partial charge < -0.3 is 0 Å². The van der Waals surface area contributed by atoms with Crippen molar-refractivity contribution in [3.8, 4) is 67.5 Å². The van der Waals surface area contributed by atoms with E-state index in [1.165, 1.54) is 64.7 Å². The summed E-state index contributed by atoms with van der Waals surface area (Å²) in [5.74, 6) is 1.90. The second kappa shape index (κ2) is 14.7. The van der Waals surface area contributed by atoms with E-state index in [1.54, 1.807) is 0 Å². The average molecular weight is 808 g/mol. The van der Waals surface area contributed by atoms with Gasteiger partial charge in [-0.15, -0.1) is 11.3 Å². The largest absolute Gasteiger partial charge is 0.208 e. The molecule has 0 saturated carbocycles. The topological polar surface area (TPSA) is 38.7 Å². The summed E-state index contributed by atoms with van der Waals surface area (Å²) in [6.07, 6.45) is 0. The Hall–Kier alpha value is -7.79. The van der Waals surface area contributed by atoms with E-state index in [0.29, 0.717) is 17.5 Å². The number of nitrogens with zero attached hydrogens (tertiary/aromatic N) is 3. The van der Waals surface area contributed by atoms with Crippen LogP contribution in [0.2, 0.25) is 0 Å². The van der Waals surface area contributed by atoms with E-state index in [-0.39, 0.29) is 0 Å². The van der Waals surface area contributed by atoms with Gasteiger partial charge in [0.05, 0.1) is 5.41 Å². The minimum absolute atomic E-state index is 0.481. The van der Waals surface area contributed by atoms with E-state index in [2.05, 4.69) is 218 Å². The van der Waals surface area contributed by atoms with Gasteiger partial charge >= 0.3 is 0 Å². The molecule has 0 amide bonds. The number of benzene rings is 9. The molecule has 0 spiro atoms. The number of hydrogen-bond acceptors (Lipinski definition) is 4. The SMILES string of the molecule is c1ccc(-c2ccc(-c3nc(-c4ccc(-c5cccc6c5sc5ccccc56)cc4)nc(-c4ccc5c(c4)-c4ccccc4C5(c4ccccc4)c4ccccc4)n3)cc2)cc1.